The van der Waals surface area contributed by atoms with Crippen molar-refractivity contribution < 1.29 is 19.1 Å². The molecule has 1 rings (SSSR count). The maximum absolute atomic E-state index is 11.4. The lowest BCUT2D eigenvalue weighted by Gasteiger charge is -2.19. The molecular formula is C11H18N4O4. The van der Waals surface area contributed by atoms with Crippen molar-refractivity contribution in [3.8, 4) is 0 Å². The summed E-state index contributed by atoms with van der Waals surface area (Å²) in [4.78, 5) is 25.5. The first-order chi connectivity index (χ1) is 8.90. The number of aromatic amines is 1. The minimum atomic E-state index is -0.539. The Morgan fingerprint density at radius 2 is 2.21 bits per heavy atom. The molecule has 8 heteroatoms. The molecule has 1 aromatic heterocycles. The fourth-order valence-electron chi connectivity index (χ4n) is 1.19. The van der Waals surface area contributed by atoms with E-state index in [4.69, 9.17) is 4.74 Å². The van der Waals surface area contributed by atoms with E-state index in [0.717, 1.165) is 0 Å². The standard InChI is InChI=1S/C11H18N4O4/c1-11(2,3)19-10(17)12-6-9-13-8(14-15-9)4-5-18-7-16/h7H,4-6H2,1-3H3,(H,12,17)(H,13,14,15). The van der Waals surface area contributed by atoms with Gasteiger partial charge in [-0.3, -0.25) is 9.89 Å². The maximum atomic E-state index is 11.4. The third-order valence-electron chi connectivity index (χ3n) is 1.89. The fourth-order valence-corrected chi connectivity index (χ4v) is 1.19. The molecular weight excluding hydrogens is 252 g/mol. The Hall–Kier alpha value is -2.12. The van der Waals surface area contributed by atoms with Crippen LogP contribution >= 0.6 is 0 Å². The molecule has 0 aromatic carbocycles. The van der Waals surface area contributed by atoms with Gasteiger partial charge in [0.05, 0.1) is 13.2 Å². The Morgan fingerprint density at radius 3 is 2.84 bits per heavy atom. The molecule has 0 aliphatic carbocycles. The highest BCUT2D eigenvalue weighted by atomic mass is 16.6. The van der Waals surface area contributed by atoms with Crippen LogP contribution in [0.2, 0.25) is 0 Å². The van der Waals surface area contributed by atoms with Gasteiger partial charge in [-0.15, -0.1) is 0 Å². The van der Waals surface area contributed by atoms with E-state index in [9.17, 15) is 9.59 Å². The minimum absolute atomic E-state index is 0.191. The van der Waals surface area contributed by atoms with Crippen LogP contribution in [0.15, 0.2) is 0 Å². The summed E-state index contributed by atoms with van der Waals surface area (Å²) in [7, 11) is 0. The molecule has 0 bridgehead atoms. The van der Waals surface area contributed by atoms with Gasteiger partial charge in [-0.1, -0.05) is 0 Å². The molecule has 0 aliphatic heterocycles. The summed E-state index contributed by atoms with van der Waals surface area (Å²) in [6.45, 7) is 6.14. The summed E-state index contributed by atoms with van der Waals surface area (Å²) in [6, 6.07) is 0. The zero-order valence-electron chi connectivity index (χ0n) is 11.2. The van der Waals surface area contributed by atoms with E-state index in [1.807, 2.05) is 0 Å². The molecule has 1 amide bonds. The van der Waals surface area contributed by atoms with Gasteiger partial charge in [-0.2, -0.15) is 5.10 Å². The lowest BCUT2D eigenvalue weighted by atomic mass is 10.2. The predicted octanol–water partition coefficient (Wildman–Crippen LogP) is 0.545. The number of rotatable bonds is 6. The van der Waals surface area contributed by atoms with Crippen LogP contribution in [0, 0.1) is 0 Å². The first-order valence-corrected chi connectivity index (χ1v) is 5.83. The molecule has 0 atom stereocenters. The Bertz CT molecular complexity index is 425. The number of carbonyl (C=O) groups excluding carboxylic acids is 2. The van der Waals surface area contributed by atoms with Gasteiger partial charge < -0.3 is 14.8 Å². The summed E-state index contributed by atoms with van der Waals surface area (Å²) in [5.74, 6) is 1.02. The molecule has 0 fully saturated rings. The number of H-pyrrole nitrogens is 1. The zero-order chi connectivity index (χ0) is 14.3. The van der Waals surface area contributed by atoms with E-state index in [1.165, 1.54) is 0 Å². The number of amides is 1. The van der Waals surface area contributed by atoms with Gasteiger partial charge >= 0.3 is 6.09 Å². The summed E-state index contributed by atoms with van der Waals surface area (Å²) in [6.07, 6.45) is -0.100. The van der Waals surface area contributed by atoms with Crippen LogP contribution in [0.1, 0.15) is 32.4 Å². The highest BCUT2D eigenvalue weighted by molar-refractivity contribution is 5.67. The van der Waals surface area contributed by atoms with Gasteiger partial charge in [0, 0.05) is 6.42 Å². The molecule has 0 spiro atoms. The summed E-state index contributed by atoms with van der Waals surface area (Å²) in [5, 5.41) is 9.15. The number of nitrogens with one attached hydrogen (secondary N) is 2. The lowest BCUT2D eigenvalue weighted by molar-refractivity contribution is -0.128. The Labute approximate surface area is 110 Å². The number of carbonyl (C=O) groups is 2. The molecule has 1 aromatic rings. The van der Waals surface area contributed by atoms with Crippen molar-refractivity contribution in [1.82, 2.24) is 20.5 Å². The average molecular weight is 270 g/mol. The molecule has 0 aliphatic rings. The van der Waals surface area contributed by atoms with Crippen LogP contribution in [0.5, 0.6) is 0 Å². The highest BCUT2D eigenvalue weighted by Crippen LogP contribution is 2.06. The number of aromatic nitrogens is 3. The van der Waals surface area contributed by atoms with E-state index < -0.39 is 11.7 Å². The van der Waals surface area contributed by atoms with Crippen LogP contribution in [0.4, 0.5) is 4.79 Å². The third-order valence-corrected chi connectivity index (χ3v) is 1.89. The fraction of sp³-hybridized carbons (Fsp3) is 0.636. The van der Waals surface area contributed by atoms with Crippen molar-refractivity contribution in [3.05, 3.63) is 11.6 Å². The van der Waals surface area contributed by atoms with Crippen molar-refractivity contribution in [1.29, 1.82) is 0 Å². The highest BCUT2D eigenvalue weighted by Gasteiger charge is 2.16. The number of ether oxygens (including phenoxy) is 2. The molecule has 2 N–H and O–H groups in total. The molecule has 0 unspecified atom stereocenters. The first-order valence-electron chi connectivity index (χ1n) is 5.83. The zero-order valence-corrected chi connectivity index (χ0v) is 11.2. The van der Waals surface area contributed by atoms with E-state index in [2.05, 4.69) is 25.2 Å². The van der Waals surface area contributed by atoms with E-state index in [0.29, 0.717) is 24.5 Å². The van der Waals surface area contributed by atoms with Crippen LogP contribution < -0.4 is 5.32 Å². The molecule has 0 saturated carbocycles. The van der Waals surface area contributed by atoms with Crippen molar-refractivity contribution in [2.24, 2.45) is 0 Å². The maximum Gasteiger partial charge on any atom is 0.408 e. The van der Waals surface area contributed by atoms with Crippen LogP contribution in [-0.2, 0) is 27.2 Å². The second-order valence-corrected chi connectivity index (χ2v) is 4.77. The number of alkyl carbamates (subject to hydrolysis) is 1. The lowest BCUT2D eigenvalue weighted by Crippen LogP contribution is -2.32. The number of hydrogen-bond acceptors (Lipinski definition) is 6. The quantitative estimate of drug-likeness (QED) is 0.577. The number of nitrogens with zero attached hydrogens (tertiary/aromatic N) is 2. The molecule has 19 heavy (non-hydrogen) atoms. The van der Waals surface area contributed by atoms with Gasteiger partial charge in [0.2, 0.25) is 0 Å². The Kier molecular flexibility index (Phi) is 5.28. The second-order valence-electron chi connectivity index (χ2n) is 4.77. The van der Waals surface area contributed by atoms with Crippen LogP contribution in [0.25, 0.3) is 0 Å². The Morgan fingerprint density at radius 1 is 1.47 bits per heavy atom. The van der Waals surface area contributed by atoms with E-state index in [-0.39, 0.29) is 13.2 Å². The summed E-state index contributed by atoms with van der Waals surface area (Å²) in [5.41, 5.74) is -0.539. The van der Waals surface area contributed by atoms with Crippen LogP contribution in [-0.4, -0.2) is 40.0 Å². The molecule has 0 radical (unpaired) electrons. The predicted molar refractivity (Wildman–Crippen MR) is 65.2 cm³/mol. The Balaban J connectivity index is 2.33. The third kappa shape index (κ3) is 6.39. The van der Waals surface area contributed by atoms with Gasteiger partial charge in [0.15, 0.2) is 5.82 Å². The van der Waals surface area contributed by atoms with Gasteiger partial charge in [-0.25, -0.2) is 9.78 Å². The topological polar surface area (TPSA) is 106 Å². The largest absolute Gasteiger partial charge is 0.467 e. The van der Waals surface area contributed by atoms with Crippen molar-refractivity contribution in [2.75, 3.05) is 6.61 Å². The summed E-state index contributed by atoms with van der Waals surface area (Å²) < 4.78 is 9.61. The smallest absolute Gasteiger partial charge is 0.408 e. The molecule has 8 nitrogen and oxygen atoms in total. The first kappa shape index (κ1) is 14.9. The number of hydrogen-bond donors (Lipinski definition) is 2. The van der Waals surface area contributed by atoms with Gasteiger partial charge in [0.25, 0.3) is 6.47 Å². The second kappa shape index (κ2) is 6.72. The molecule has 106 valence electrons. The van der Waals surface area contributed by atoms with Gasteiger partial charge in [-0.05, 0) is 20.8 Å². The summed E-state index contributed by atoms with van der Waals surface area (Å²) >= 11 is 0. The van der Waals surface area contributed by atoms with E-state index in [1.54, 1.807) is 20.8 Å². The monoisotopic (exact) mass is 270 g/mol. The van der Waals surface area contributed by atoms with Crippen molar-refractivity contribution in [3.63, 3.8) is 0 Å². The molecule has 1 heterocycles. The molecule has 0 saturated heterocycles. The van der Waals surface area contributed by atoms with E-state index >= 15 is 0 Å². The van der Waals surface area contributed by atoms with Crippen LogP contribution in [0.3, 0.4) is 0 Å². The SMILES string of the molecule is CC(C)(C)OC(=O)NCc1nc(CCOC=O)n[nH]1. The normalized spacial score (nSPS) is 10.9. The van der Waals surface area contributed by atoms with Crippen molar-refractivity contribution >= 4 is 12.6 Å². The van der Waals surface area contributed by atoms with Crippen molar-refractivity contribution in [2.45, 2.75) is 39.3 Å². The minimum Gasteiger partial charge on any atom is -0.467 e. The average Bonchev–Trinajstić information content (AvgIpc) is 2.72. The van der Waals surface area contributed by atoms with Gasteiger partial charge in [0.1, 0.15) is 11.4 Å².